The normalized spacial score (nSPS) is 24.6. The van der Waals surface area contributed by atoms with Gasteiger partial charge in [-0.3, -0.25) is 14.4 Å². The SMILES string of the molecule is O=C(CN1CC(C(=O)O)CC1=O)NC1CC1. The van der Waals surface area contributed by atoms with Crippen molar-refractivity contribution in [3.63, 3.8) is 0 Å². The lowest BCUT2D eigenvalue weighted by atomic mass is 10.1. The van der Waals surface area contributed by atoms with Gasteiger partial charge in [-0.05, 0) is 12.8 Å². The lowest BCUT2D eigenvalue weighted by Gasteiger charge is -2.15. The summed E-state index contributed by atoms with van der Waals surface area (Å²) in [6.07, 6.45) is 2.00. The van der Waals surface area contributed by atoms with Crippen molar-refractivity contribution < 1.29 is 19.5 Å². The maximum atomic E-state index is 11.4. The molecular weight excluding hydrogens is 212 g/mol. The van der Waals surface area contributed by atoms with E-state index in [-0.39, 0.29) is 37.4 Å². The van der Waals surface area contributed by atoms with Crippen LogP contribution in [0.25, 0.3) is 0 Å². The minimum absolute atomic E-state index is 0.00599. The summed E-state index contributed by atoms with van der Waals surface area (Å²) in [7, 11) is 0. The van der Waals surface area contributed by atoms with Gasteiger partial charge < -0.3 is 15.3 Å². The maximum absolute atomic E-state index is 11.4. The lowest BCUT2D eigenvalue weighted by molar-refractivity contribution is -0.141. The molecule has 1 unspecified atom stereocenters. The molecule has 1 saturated carbocycles. The monoisotopic (exact) mass is 226 g/mol. The van der Waals surface area contributed by atoms with Crippen LogP contribution in [-0.4, -0.2) is 46.9 Å². The first kappa shape index (κ1) is 10.9. The third kappa shape index (κ3) is 2.50. The van der Waals surface area contributed by atoms with Gasteiger partial charge in [-0.25, -0.2) is 0 Å². The number of hydrogen-bond acceptors (Lipinski definition) is 3. The average molecular weight is 226 g/mol. The van der Waals surface area contributed by atoms with Crippen molar-refractivity contribution in [3.8, 4) is 0 Å². The van der Waals surface area contributed by atoms with Crippen LogP contribution >= 0.6 is 0 Å². The Morgan fingerprint density at radius 3 is 2.62 bits per heavy atom. The predicted molar refractivity (Wildman–Crippen MR) is 53.5 cm³/mol. The number of nitrogens with one attached hydrogen (secondary N) is 1. The highest BCUT2D eigenvalue weighted by molar-refractivity contribution is 5.89. The molecule has 2 fully saturated rings. The third-order valence-corrected chi connectivity index (χ3v) is 2.84. The number of carboxylic acids is 1. The molecule has 0 spiro atoms. The minimum Gasteiger partial charge on any atom is -0.481 e. The zero-order valence-electron chi connectivity index (χ0n) is 8.81. The van der Waals surface area contributed by atoms with Gasteiger partial charge in [-0.15, -0.1) is 0 Å². The highest BCUT2D eigenvalue weighted by Gasteiger charge is 2.35. The predicted octanol–water partition coefficient (Wildman–Crippen LogP) is -0.802. The summed E-state index contributed by atoms with van der Waals surface area (Å²) >= 11 is 0. The molecule has 0 bridgehead atoms. The highest BCUT2D eigenvalue weighted by atomic mass is 16.4. The molecule has 2 aliphatic rings. The summed E-state index contributed by atoms with van der Waals surface area (Å²) in [6.45, 7) is 0.130. The number of nitrogens with zero attached hydrogens (tertiary/aromatic N) is 1. The van der Waals surface area contributed by atoms with E-state index in [9.17, 15) is 14.4 Å². The van der Waals surface area contributed by atoms with Crippen LogP contribution in [0.2, 0.25) is 0 Å². The van der Waals surface area contributed by atoms with Gasteiger partial charge in [-0.2, -0.15) is 0 Å². The van der Waals surface area contributed by atoms with Gasteiger partial charge in [0.2, 0.25) is 11.8 Å². The molecule has 1 heterocycles. The molecule has 2 amide bonds. The number of carboxylic acid groups (broad SMARTS) is 1. The second kappa shape index (κ2) is 4.11. The molecule has 1 aliphatic carbocycles. The van der Waals surface area contributed by atoms with E-state index in [1.807, 2.05) is 0 Å². The summed E-state index contributed by atoms with van der Waals surface area (Å²) in [5, 5.41) is 11.5. The first-order chi connectivity index (χ1) is 7.56. The Kier molecular flexibility index (Phi) is 2.80. The number of hydrogen-bond donors (Lipinski definition) is 2. The average Bonchev–Trinajstić information content (AvgIpc) is 2.91. The Bertz CT molecular complexity index is 338. The summed E-state index contributed by atoms with van der Waals surface area (Å²) in [6, 6.07) is 0.264. The van der Waals surface area contributed by atoms with Crippen molar-refractivity contribution >= 4 is 17.8 Å². The fourth-order valence-electron chi connectivity index (χ4n) is 1.76. The minimum atomic E-state index is -0.974. The van der Waals surface area contributed by atoms with Crippen molar-refractivity contribution in [1.82, 2.24) is 10.2 Å². The van der Waals surface area contributed by atoms with Crippen LogP contribution in [-0.2, 0) is 14.4 Å². The fraction of sp³-hybridized carbons (Fsp3) is 0.700. The van der Waals surface area contributed by atoms with Crippen LogP contribution in [0.1, 0.15) is 19.3 Å². The van der Waals surface area contributed by atoms with E-state index in [1.165, 1.54) is 4.90 Å². The van der Waals surface area contributed by atoms with Gasteiger partial charge in [0.25, 0.3) is 0 Å². The largest absolute Gasteiger partial charge is 0.481 e. The lowest BCUT2D eigenvalue weighted by Crippen LogP contribution is -2.39. The van der Waals surface area contributed by atoms with E-state index < -0.39 is 11.9 Å². The molecule has 6 nitrogen and oxygen atoms in total. The number of aliphatic carboxylic acids is 1. The van der Waals surface area contributed by atoms with E-state index in [0.29, 0.717) is 0 Å². The number of rotatable bonds is 4. The van der Waals surface area contributed by atoms with E-state index in [2.05, 4.69) is 5.32 Å². The molecule has 0 aromatic rings. The van der Waals surface area contributed by atoms with Gasteiger partial charge in [0.05, 0.1) is 12.5 Å². The molecule has 0 aromatic heterocycles. The van der Waals surface area contributed by atoms with Crippen molar-refractivity contribution in [1.29, 1.82) is 0 Å². The second-order valence-electron chi connectivity index (χ2n) is 4.36. The van der Waals surface area contributed by atoms with Crippen LogP contribution in [0.15, 0.2) is 0 Å². The molecular formula is C10H14N2O4. The number of carbonyl (C=O) groups is 3. The van der Waals surface area contributed by atoms with E-state index in [1.54, 1.807) is 0 Å². The fourth-order valence-corrected chi connectivity index (χ4v) is 1.76. The van der Waals surface area contributed by atoms with Crippen molar-refractivity contribution in [2.75, 3.05) is 13.1 Å². The summed E-state index contributed by atoms with van der Waals surface area (Å²) in [5.74, 6) is -2.08. The van der Waals surface area contributed by atoms with E-state index >= 15 is 0 Å². The summed E-state index contributed by atoms with van der Waals surface area (Å²) in [4.78, 5) is 34.8. The zero-order valence-corrected chi connectivity index (χ0v) is 8.81. The molecule has 6 heteroatoms. The molecule has 0 radical (unpaired) electrons. The van der Waals surface area contributed by atoms with Crippen LogP contribution in [0.3, 0.4) is 0 Å². The smallest absolute Gasteiger partial charge is 0.308 e. The summed E-state index contributed by atoms with van der Waals surface area (Å²) in [5.41, 5.74) is 0. The van der Waals surface area contributed by atoms with Crippen LogP contribution in [0.5, 0.6) is 0 Å². The molecule has 1 aliphatic heterocycles. The van der Waals surface area contributed by atoms with Crippen molar-refractivity contribution in [2.24, 2.45) is 5.92 Å². The van der Waals surface area contributed by atoms with Gasteiger partial charge in [0, 0.05) is 19.0 Å². The van der Waals surface area contributed by atoms with E-state index in [4.69, 9.17) is 5.11 Å². The van der Waals surface area contributed by atoms with Crippen molar-refractivity contribution in [3.05, 3.63) is 0 Å². The van der Waals surface area contributed by atoms with Crippen LogP contribution in [0.4, 0.5) is 0 Å². The van der Waals surface area contributed by atoms with Gasteiger partial charge in [0.1, 0.15) is 0 Å². The number of carbonyl (C=O) groups excluding carboxylic acids is 2. The first-order valence-electron chi connectivity index (χ1n) is 5.36. The quantitative estimate of drug-likeness (QED) is 0.657. The van der Waals surface area contributed by atoms with E-state index in [0.717, 1.165) is 12.8 Å². The molecule has 16 heavy (non-hydrogen) atoms. The maximum Gasteiger partial charge on any atom is 0.308 e. The van der Waals surface area contributed by atoms with Gasteiger partial charge >= 0.3 is 5.97 Å². The first-order valence-corrected chi connectivity index (χ1v) is 5.36. The Labute approximate surface area is 92.6 Å². The van der Waals surface area contributed by atoms with Crippen molar-refractivity contribution in [2.45, 2.75) is 25.3 Å². The molecule has 2 N–H and O–H groups in total. The molecule has 88 valence electrons. The Morgan fingerprint density at radius 1 is 1.44 bits per heavy atom. The number of likely N-dealkylation sites (tertiary alicyclic amines) is 1. The highest BCUT2D eigenvalue weighted by Crippen LogP contribution is 2.20. The van der Waals surface area contributed by atoms with Gasteiger partial charge in [-0.1, -0.05) is 0 Å². The molecule has 1 saturated heterocycles. The Balaban J connectivity index is 1.82. The Morgan fingerprint density at radius 2 is 2.12 bits per heavy atom. The number of amides is 2. The van der Waals surface area contributed by atoms with Crippen LogP contribution in [0, 0.1) is 5.92 Å². The molecule has 1 atom stereocenters. The topological polar surface area (TPSA) is 86.7 Å². The standard InChI is InChI=1S/C10H14N2O4/c13-8(11-7-1-2-7)5-12-4-6(10(15)16)3-9(12)14/h6-7H,1-5H2,(H,11,13)(H,15,16). The molecule has 0 aromatic carbocycles. The molecule has 2 rings (SSSR count). The second-order valence-corrected chi connectivity index (χ2v) is 4.36. The zero-order chi connectivity index (χ0) is 11.7. The van der Waals surface area contributed by atoms with Gasteiger partial charge in [0.15, 0.2) is 0 Å². The Hall–Kier alpha value is -1.59. The third-order valence-electron chi connectivity index (χ3n) is 2.84. The van der Waals surface area contributed by atoms with Crippen LogP contribution < -0.4 is 5.32 Å². The summed E-state index contributed by atoms with van der Waals surface area (Å²) < 4.78 is 0.